The largest absolute Gasteiger partial charge is 0.492 e. The van der Waals surface area contributed by atoms with Crippen LogP contribution in [0.25, 0.3) is 32.6 Å². The number of aromatic nitrogens is 1. The van der Waals surface area contributed by atoms with Crippen LogP contribution in [0.5, 0.6) is 5.75 Å². The Hall–Kier alpha value is -2.56. The summed E-state index contributed by atoms with van der Waals surface area (Å²) in [6.07, 6.45) is 0. The van der Waals surface area contributed by atoms with Crippen molar-refractivity contribution in [2.45, 2.75) is 6.92 Å². The molecule has 0 saturated carbocycles. The first-order valence-corrected chi connectivity index (χ1v) is 10.1. The highest BCUT2D eigenvalue weighted by molar-refractivity contribution is 6.14. The zero-order valence-electron chi connectivity index (χ0n) is 16.6. The van der Waals surface area contributed by atoms with Crippen LogP contribution in [0.15, 0.2) is 48.5 Å². The van der Waals surface area contributed by atoms with Crippen LogP contribution < -0.4 is 4.74 Å². The quantitative estimate of drug-likeness (QED) is 0.526. The molecule has 0 atom stereocenters. The topological polar surface area (TPSA) is 26.6 Å². The third-order valence-electron chi connectivity index (χ3n) is 6.01. The first kappa shape index (κ1) is 17.5. The van der Waals surface area contributed by atoms with Crippen LogP contribution in [-0.4, -0.2) is 48.9 Å². The monoisotopic (exact) mass is 374 g/mol. The zero-order valence-corrected chi connectivity index (χ0v) is 16.6. The van der Waals surface area contributed by atoms with Crippen molar-refractivity contribution in [1.29, 1.82) is 0 Å². The van der Waals surface area contributed by atoms with Gasteiger partial charge in [0.15, 0.2) is 0 Å². The lowest BCUT2D eigenvalue weighted by molar-refractivity contribution is 0.0322. The van der Waals surface area contributed by atoms with Gasteiger partial charge in [0.2, 0.25) is 0 Å². The van der Waals surface area contributed by atoms with Crippen molar-refractivity contribution in [2.75, 3.05) is 39.5 Å². The second kappa shape index (κ2) is 7.12. The smallest absolute Gasteiger partial charge is 0.120 e. The summed E-state index contributed by atoms with van der Waals surface area (Å²) in [5, 5.41) is 5.17. The first-order chi connectivity index (χ1) is 13.7. The summed E-state index contributed by atoms with van der Waals surface area (Å²) < 4.78 is 13.8. The lowest BCUT2D eigenvalue weighted by Crippen LogP contribution is -2.38. The number of hydrogen-bond acceptors (Lipinski definition) is 3. The predicted molar refractivity (Wildman–Crippen MR) is 115 cm³/mol. The zero-order chi connectivity index (χ0) is 19.1. The van der Waals surface area contributed by atoms with Gasteiger partial charge in [0, 0.05) is 43.0 Å². The van der Waals surface area contributed by atoms with Gasteiger partial charge in [0.05, 0.1) is 18.7 Å². The Morgan fingerprint density at radius 3 is 2.64 bits per heavy atom. The maximum atomic E-state index is 6.10. The minimum atomic E-state index is 0.707. The number of benzene rings is 3. The fraction of sp³-hybridized carbons (Fsp3) is 0.333. The Bertz CT molecular complexity index is 1160. The lowest BCUT2D eigenvalue weighted by Gasteiger charge is -2.26. The van der Waals surface area contributed by atoms with Crippen LogP contribution >= 0.6 is 0 Å². The molecule has 1 fully saturated rings. The highest BCUT2D eigenvalue weighted by Gasteiger charge is 2.14. The third-order valence-corrected chi connectivity index (χ3v) is 6.01. The van der Waals surface area contributed by atoms with Crippen LogP contribution in [-0.2, 0) is 11.8 Å². The van der Waals surface area contributed by atoms with Crippen LogP contribution in [0, 0.1) is 6.92 Å². The summed E-state index contributed by atoms with van der Waals surface area (Å²) in [6, 6.07) is 17.4. The normalized spacial score (nSPS) is 15.6. The maximum absolute atomic E-state index is 6.10. The Kier molecular flexibility index (Phi) is 4.46. The maximum Gasteiger partial charge on any atom is 0.120 e. The van der Waals surface area contributed by atoms with E-state index in [1.807, 2.05) is 0 Å². The van der Waals surface area contributed by atoms with Gasteiger partial charge in [0.1, 0.15) is 12.4 Å². The van der Waals surface area contributed by atoms with Gasteiger partial charge in [-0.25, -0.2) is 0 Å². The highest BCUT2D eigenvalue weighted by atomic mass is 16.5. The number of nitrogens with zero attached hydrogens (tertiary/aromatic N) is 2. The molecule has 3 aromatic carbocycles. The highest BCUT2D eigenvalue weighted by Crippen LogP contribution is 2.36. The van der Waals surface area contributed by atoms with Crippen molar-refractivity contribution in [3.63, 3.8) is 0 Å². The molecule has 1 saturated heterocycles. The van der Waals surface area contributed by atoms with E-state index in [4.69, 9.17) is 9.47 Å². The Morgan fingerprint density at radius 1 is 0.964 bits per heavy atom. The molecule has 28 heavy (non-hydrogen) atoms. The molecule has 4 aromatic rings. The van der Waals surface area contributed by atoms with E-state index in [0.717, 1.165) is 38.6 Å². The van der Waals surface area contributed by atoms with E-state index in [1.165, 1.54) is 38.1 Å². The summed E-state index contributed by atoms with van der Waals surface area (Å²) >= 11 is 0. The van der Waals surface area contributed by atoms with E-state index in [-0.39, 0.29) is 0 Å². The van der Waals surface area contributed by atoms with E-state index in [0.29, 0.717) is 6.61 Å². The van der Waals surface area contributed by atoms with E-state index >= 15 is 0 Å². The van der Waals surface area contributed by atoms with Crippen molar-refractivity contribution >= 4 is 32.6 Å². The molecular weight excluding hydrogens is 348 g/mol. The van der Waals surface area contributed by atoms with E-state index in [9.17, 15) is 0 Å². The minimum absolute atomic E-state index is 0.707. The number of ether oxygens (including phenoxy) is 2. The predicted octanol–water partition coefficient (Wildman–Crippen LogP) is 4.50. The molecule has 0 bridgehead atoms. The summed E-state index contributed by atoms with van der Waals surface area (Å²) in [7, 11) is 2.16. The van der Waals surface area contributed by atoms with Crippen LogP contribution in [0.2, 0.25) is 0 Å². The van der Waals surface area contributed by atoms with Gasteiger partial charge in [-0.3, -0.25) is 4.90 Å². The molecule has 1 aromatic heterocycles. The SMILES string of the molecule is Cc1c2ccccc2cc2c3cc(OCCN4CCOCC4)ccc3n(C)c12. The van der Waals surface area contributed by atoms with E-state index < -0.39 is 0 Å². The average molecular weight is 374 g/mol. The summed E-state index contributed by atoms with van der Waals surface area (Å²) in [6.45, 7) is 7.53. The van der Waals surface area contributed by atoms with Crippen LogP contribution in [0.3, 0.4) is 0 Å². The lowest BCUT2D eigenvalue weighted by atomic mass is 10.0. The van der Waals surface area contributed by atoms with Gasteiger partial charge in [-0.15, -0.1) is 0 Å². The molecule has 0 aliphatic carbocycles. The Balaban J connectivity index is 1.50. The molecule has 1 aliphatic rings. The van der Waals surface area contributed by atoms with Gasteiger partial charge in [-0.05, 0) is 47.5 Å². The molecule has 2 heterocycles. The number of fused-ring (bicyclic) bond motifs is 4. The van der Waals surface area contributed by atoms with Crippen molar-refractivity contribution in [2.24, 2.45) is 7.05 Å². The second-order valence-electron chi connectivity index (χ2n) is 7.66. The fourth-order valence-electron chi connectivity index (χ4n) is 4.51. The van der Waals surface area contributed by atoms with Gasteiger partial charge in [0.25, 0.3) is 0 Å². The Morgan fingerprint density at radius 2 is 1.79 bits per heavy atom. The van der Waals surface area contributed by atoms with Gasteiger partial charge >= 0.3 is 0 Å². The minimum Gasteiger partial charge on any atom is -0.492 e. The second-order valence-corrected chi connectivity index (χ2v) is 7.66. The average Bonchev–Trinajstić information content (AvgIpc) is 3.01. The number of hydrogen-bond donors (Lipinski definition) is 0. The van der Waals surface area contributed by atoms with E-state index in [2.05, 4.69) is 72.0 Å². The van der Waals surface area contributed by atoms with Crippen molar-refractivity contribution in [3.05, 3.63) is 54.1 Å². The first-order valence-electron chi connectivity index (χ1n) is 10.1. The standard InChI is InChI=1S/C24H26N2O2/c1-17-20-6-4-3-5-18(20)15-22-21-16-19(7-8-23(21)25(2)24(17)22)28-14-11-26-9-12-27-13-10-26/h3-8,15-16H,9-14H2,1-2H3. The van der Waals surface area contributed by atoms with E-state index in [1.54, 1.807) is 0 Å². The van der Waals surface area contributed by atoms with Crippen LogP contribution in [0.1, 0.15) is 5.56 Å². The molecular formula is C24H26N2O2. The fourth-order valence-corrected chi connectivity index (χ4v) is 4.51. The molecule has 4 nitrogen and oxygen atoms in total. The molecule has 0 unspecified atom stereocenters. The third kappa shape index (κ3) is 2.93. The van der Waals surface area contributed by atoms with Crippen molar-refractivity contribution in [3.8, 4) is 5.75 Å². The molecule has 0 radical (unpaired) electrons. The van der Waals surface area contributed by atoms with Crippen molar-refractivity contribution in [1.82, 2.24) is 9.47 Å². The van der Waals surface area contributed by atoms with Crippen LogP contribution in [0.4, 0.5) is 0 Å². The summed E-state index contributed by atoms with van der Waals surface area (Å²) in [5.41, 5.74) is 3.88. The molecule has 0 spiro atoms. The van der Waals surface area contributed by atoms with Gasteiger partial charge in [-0.1, -0.05) is 24.3 Å². The van der Waals surface area contributed by atoms with Crippen molar-refractivity contribution < 1.29 is 9.47 Å². The molecule has 0 N–H and O–H groups in total. The summed E-state index contributed by atoms with van der Waals surface area (Å²) in [4.78, 5) is 2.40. The molecule has 1 aliphatic heterocycles. The van der Waals surface area contributed by atoms with Gasteiger partial charge < -0.3 is 14.0 Å². The number of rotatable bonds is 4. The molecule has 5 rings (SSSR count). The molecule has 144 valence electrons. The number of aryl methyl sites for hydroxylation is 2. The Labute approximate surface area is 165 Å². The summed E-state index contributed by atoms with van der Waals surface area (Å²) in [5.74, 6) is 0.944. The molecule has 4 heteroatoms. The molecule has 0 amide bonds. The van der Waals surface area contributed by atoms with Gasteiger partial charge in [-0.2, -0.15) is 0 Å². The number of morpholine rings is 1.